The van der Waals surface area contributed by atoms with Gasteiger partial charge in [0.15, 0.2) is 0 Å². The van der Waals surface area contributed by atoms with Crippen molar-refractivity contribution in [2.75, 3.05) is 12.0 Å². The minimum atomic E-state index is -0.355. The molecule has 1 aromatic rings. The summed E-state index contributed by atoms with van der Waals surface area (Å²) in [7, 11) is 0. The van der Waals surface area contributed by atoms with E-state index in [1.54, 1.807) is 24.2 Å². The second kappa shape index (κ2) is 5.17. The van der Waals surface area contributed by atoms with Gasteiger partial charge in [-0.15, -0.1) is 0 Å². The average Bonchev–Trinajstić information content (AvgIpc) is 2.15. The largest absolute Gasteiger partial charge is 0.388 e. The van der Waals surface area contributed by atoms with Crippen molar-refractivity contribution in [1.29, 1.82) is 0 Å². The molecular formula is C9H13NOS. The lowest BCUT2D eigenvalue weighted by molar-refractivity contribution is 0.174. The lowest BCUT2D eigenvalue weighted by atomic mass is 10.1. The Bertz CT molecular complexity index is 215. The maximum absolute atomic E-state index is 9.60. The minimum absolute atomic E-state index is 0.355. The fourth-order valence-electron chi connectivity index (χ4n) is 0.969. The number of aromatic nitrogens is 1. The summed E-state index contributed by atoms with van der Waals surface area (Å²) in [6.45, 7) is 0. The van der Waals surface area contributed by atoms with Gasteiger partial charge in [0, 0.05) is 12.4 Å². The van der Waals surface area contributed by atoms with Crippen LogP contribution in [-0.2, 0) is 0 Å². The van der Waals surface area contributed by atoms with Gasteiger partial charge in [-0.3, -0.25) is 4.98 Å². The summed E-state index contributed by atoms with van der Waals surface area (Å²) in [5.74, 6) is 0.982. The highest BCUT2D eigenvalue weighted by atomic mass is 32.2. The molecule has 1 aromatic heterocycles. The second-order valence-corrected chi connectivity index (χ2v) is 3.57. The molecule has 0 aromatic carbocycles. The fraction of sp³-hybridized carbons (Fsp3) is 0.444. The quantitative estimate of drug-likeness (QED) is 0.773. The smallest absolute Gasteiger partial charge is 0.0812 e. The van der Waals surface area contributed by atoms with E-state index in [0.29, 0.717) is 0 Å². The van der Waals surface area contributed by atoms with Crippen molar-refractivity contribution in [2.45, 2.75) is 12.5 Å². The van der Waals surface area contributed by atoms with Gasteiger partial charge in [-0.25, -0.2) is 0 Å². The summed E-state index contributed by atoms with van der Waals surface area (Å²) in [6, 6.07) is 3.75. The lowest BCUT2D eigenvalue weighted by Crippen LogP contribution is -1.98. The first-order valence-electron chi connectivity index (χ1n) is 3.91. The van der Waals surface area contributed by atoms with E-state index in [0.717, 1.165) is 17.7 Å². The van der Waals surface area contributed by atoms with Crippen LogP contribution in [0, 0.1) is 0 Å². The molecule has 0 spiro atoms. The number of pyridine rings is 1. The molecule has 0 aliphatic rings. The average molecular weight is 183 g/mol. The SMILES string of the molecule is CSCCC(O)c1cccnc1. The molecule has 12 heavy (non-hydrogen) atoms. The van der Waals surface area contributed by atoms with Crippen LogP contribution in [-0.4, -0.2) is 22.1 Å². The number of aliphatic hydroxyl groups excluding tert-OH is 1. The van der Waals surface area contributed by atoms with Gasteiger partial charge in [0.25, 0.3) is 0 Å². The van der Waals surface area contributed by atoms with Crippen LogP contribution in [0.2, 0.25) is 0 Å². The second-order valence-electron chi connectivity index (χ2n) is 2.58. The first-order valence-corrected chi connectivity index (χ1v) is 5.31. The minimum Gasteiger partial charge on any atom is -0.388 e. The molecule has 0 aliphatic carbocycles. The predicted molar refractivity (Wildman–Crippen MR) is 52.2 cm³/mol. The Labute approximate surface area is 77.0 Å². The number of thioether (sulfide) groups is 1. The summed E-state index contributed by atoms with van der Waals surface area (Å²) in [5.41, 5.74) is 0.909. The van der Waals surface area contributed by atoms with Gasteiger partial charge < -0.3 is 5.11 Å². The molecule has 0 saturated heterocycles. The zero-order chi connectivity index (χ0) is 8.81. The van der Waals surface area contributed by atoms with Gasteiger partial charge in [-0.1, -0.05) is 6.07 Å². The van der Waals surface area contributed by atoms with E-state index in [-0.39, 0.29) is 6.10 Å². The van der Waals surface area contributed by atoms with E-state index in [1.807, 2.05) is 18.4 Å². The molecule has 0 amide bonds. The van der Waals surface area contributed by atoms with Crippen LogP contribution in [0.5, 0.6) is 0 Å². The third-order valence-corrected chi connectivity index (χ3v) is 2.31. The Balaban J connectivity index is 2.48. The van der Waals surface area contributed by atoms with Crippen LogP contribution in [0.25, 0.3) is 0 Å². The number of hydrogen-bond donors (Lipinski definition) is 1. The standard InChI is InChI=1S/C9H13NOS/c1-12-6-4-9(11)8-3-2-5-10-7-8/h2-3,5,7,9,11H,4,6H2,1H3. The third kappa shape index (κ3) is 2.83. The normalized spacial score (nSPS) is 12.8. The Kier molecular flexibility index (Phi) is 4.11. The topological polar surface area (TPSA) is 33.1 Å². The van der Waals surface area contributed by atoms with Crippen molar-refractivity contribution in [2.24, 2.45) is 0 Å². The fourth-order valence-corrected chi connectivity index (χ4v) is 1.43. The van der Waals surface area contributed by atoms with Crippen LogP contribution in [0.4, 0.5) is 0 Å². The van der Waals surface area contributed by atoms with Gasteiger partial charge in [-0.05, 0) is 30.1 Å². The van der Waals surface area contributed by atoms with Crippen molar-refractivity contribution in [1.82, 2.24) is 4.98 Å². The van der Waals surface area contributed by atoms with E-state index in [4.69, 9.17) is 0 Å². The summed E-state index contributed by atoms with van der Waals surface area (Å²) in [5, 5.41) is 9.60. The summed E-state index contributed by atoms with van der Waals surface area (Å²) < 4.78 is 0. The Hall–Kier alpha value is -0.540. The molecule has 0 radical (unpaired) electrons. The third-order valence-electron chi connectivity index (χ3n) is 1.66. The molecule has 66 valence electrons. The molecular weight excluding hydrogens is 170 g/mol. The molecule has 1 unspecified atom stereocenters. The summed E-state index contributed by atoms with van der Waals surface area (Å²) in [6.07, 6.45) is 5.91. The number of hydrogen-bond acceptors (Lipinski definition) is 3. The van der Waals surface area contributed by atoms with Crippen molar-refractivity contribution >= 4 is 11.8 Å². The Morgan fingerprint density at radius 2 is 2.50 bits per heavy atom. The van der Waals surface area contributed by atoms with Crippen LogP contribution in [0.15, 0.2) is 24.5 Å². The Morgan fingerprint density at radius 3 is 3.08 bits per heavy atom. The summed E-state index contributed by atoms with van der Waals surface area (Å²) >= 11 is 1.74. The highest BCUT2D eigenvalue weighted by molar-refractivity contribution is 7.98. The van der Waals surface area contributed by atoms with Crippen molar-refractivity contribution in [3.05, 3.63) is 30.1 Å². The van der Waals surface area contributed by atoms with Crippen LogP contribution in [0.1, 0.15) is 18.1 Å². The van der Waals surface area contributed by atoms with Crippen molar-refractivity contribution in [3.63, 3.8) is 0 Å². The lowest BCUT2D eigenvalue weighted by Gasteiger charge is -2.08. The number of nitrogens with zero attached hydrogens (tertiary/aromatic N) is 1. The monoisotopic (exact) mass is 183 g/mol. The van der Waals surface area contributed by atoms with E-state index < -0.39 is 0 Å². The van der Waals surface area contributed by atoms with E-state index >= 15 is 0 Å². The van der Waals surface area contributed by atoms with Crippen molar-refractivity contribution < 1.29 is 5.11 Å². The van der Waals surface area contributed by atoms with Gasteiger partial charge in [0.1, 0.15) is 0 Å². The molecule has 1 rings (SSSR count). The van der Waals surface area contributed by atoms with Crippen LogP contribution >= 0.6 is 11.8 Å². The molecule has 0 fully saturated rings. The van der Waals surface area contributed by atoms with Crippen LogP contribution < -0.4 is 0 Å². The van der Waals surface area contributed by atoms with Gasteiger partial charge in [0.05, 0.1) is 6.10 Å². The predicted octanol–water partition coefficient (Wildman–Crippen LogP) is 1.87. The van der Waals surface area contributed by atoms with E-state index in [2.05, 4.69) is 4.98 Å². The van der Waals surface area contributed by atoms with Gasteiger partial charge in [-0.2, -0.15) is 11.8 Å². The number of rotatable bonds is 4. The van der Waals surface area contributed by atoms with Gasteiger partial charge in [0.2, 0.25) is 0 Å². The highest BCUT2D eigenvalue weighted by Crippen LogP contribution is 2.16. The van der Waals surface area contributed by atoms with Gasteiger partial charge >= 0.3 is 0 Å². The first-order chi connectivity index (χ1) is 5.84. The maximum Gasteiger partial charge on any atom is 0.0812 e. The molecule has 0 saturated carbocycles. The first kappa shape index (κ1) is 9.55. The molecule has 0 aliphatic heterocycles. The van der Waals surface area contributed by atoms with Crippen molar-refractivity contribution in [3.8, 4) is 0 Å². The molecule has 3 heteroatoms. The Morgan fingerprint density at radius 1 is 1.67 bits per heavy atom. The van der Waals surface area contributed by atoms with E-state index in [9.17, 15) is 5.11 Å². The molecule has 2 nitrogen and oxygen atoms in total. The highest BCUT2D eigenvalue weighted by Gasteiger charge is 2.05. The molecule has 1 N–H and O–H groups in total. The zero-order valence-corrected chi connectivity index (χ0v) is 7.92. The van der Waals surface area contributed by atoms with E-state index in [1.165, 1.54) is 0 Å². The molecule has 0 bridgehead atoms. The zero-order valence-electron chi connectivity index (χ0n) is 7.10. The van der Waals surface area contributed by atoms with Crippen LogP contribution in [0.3, 0.4) is 0 Å². The number of aliphatic hydroxyl groups is 1. The molecule has 1 heterocycles. The molecule has 1 atom stereocenters. The summed E-state index contributed by atoms with van der Waals surface area (Å²) in [4.78, 5) is 3.95. The maximum atomic E-state index is 9.60.